The molecule has 132 valence electrons. The normalized spacial score (nSPS) is 17.3. The summed E-state index contributed by atoms with van der Waals surface area (Å²) in [5.74, 6) is 0. The van der Waals surface area contributed by atoms with E-state index >= 15 is 0 Å². The van der Waals surface area contributed by atoms with Crippen LogP contribution in [-0.4, -0.2) is 10.7 Å². The van der Waals surface area contributed by atoms with E-state index < -0.39 is 6.04 Å². The van der Waals surface area contributed by atoms with Crippen molar-refractivity contribution in [3.8, 4) is 6.07 Å². The van der Waals surface area contributed by atoms with E-state index in [4.69, 9.17) is 5.10 Å². The summed E-state index contributed by atoms with van der Waals surface area (Å²) < 4.78 is 0.998. The molecule has 0 saturated carbocycles. The third kappa shape index (κ3) is 3.65. The highest BCUT2D eigenvalue weighted by Gasteiger charge is 2.34. The van der Waals surface area contributed by atoms with Gasteiger partial charge in [0.1, 0.15) is 0 Å². The Bertz CT molecular complexity index is 976. The van der Waals surface area contributed by atoms with Crippen molar-refractivity contribution in [2.24, 2.45) is 5.10 Å². The highest BCUT2D eigenvalue weighted by atomic mass is 79.9. The van der Waals surface area contributed by atoms with Crippen molar-refractivity contribution >= 4 is 21.6 Å². The van der Waals surface area contributed by atoms with Crippen molar-refractivity contribution < 1.29 is 0 Å². The number of hydrazone groups is 1. The molecular formula is C23H18BrN3. The minimum absolute atomic E-state index is 0.0368. The average Bonchev–Trinajstić information content (AvgIpc) is 3.16. The second kappa shape index (κ2) is 7.77. The molecule has 0 fully saturated rings. The lowest BCUT2D eigenvalue weighted by Crippen LogP contribution is -2.24. The van der Waals surface area contributed by atoms with Gasteiger partial charge in [0.15, 0.2) is 6.04 Å². The lowest BCUT2D eigenvalue weighted by atomic mass is 9.97. The van der Waals surface area contributed by atoms with Crippen LogP contribution in [0.3, 0.4) is 0 Å². The number of nitrogens with zero attached hydrogens (tertiary/aromatic N) is 3. The predicted octanol–water partition coefficient (Wildman–Crippen LogP) is 5.87. The van der Waals surface area contributed by atoms with Crippen LogP contribution in [-0.2, 0) is 0 Å². The van der Waals surface area contributed by atoms with Gasteiger partial charge in [-0.2, -0.15) is 10.4 Å². The Morgan fingerprint density at radius 2 is 1.56 bits per heavy atom. The predicted molar refractivity (Wildman–Crippen MR) is 111 cm³/mol. The standard InChI is InChI=1S/C23H18BrN3/c24-20-13-11-19(12-14-20)23(16-25)27-22(18-9-5-2-6-10-18)15-21(26-27)17-7-3-1-4-8-17/h1-14,22-23H,15H2/t22-,23+/m0/s1. The van der Waals surface area contributed by atoms with Crippen LogP contribution < -0.4 is 0 Å². The number of rotatable bonds is 4. The lowest BCUT2D eigenvalue weighted by Gasteiger charge is -2.28. The van der Waals surface area contributed by atoms with Gasteiger partial charge in [0.25, 0.3) is 0 Å². The van der Waals surface area contributed by atoms with E-state index in [9.17, 15) is 5.26 Å². The molecule has 0 bridgehead atoms. The van der Waals surface area contributed by atoms with Crippen molar-refractivity contribution in [2.45, 2.75) is 18.5 Å². The second-order valence-electron chi connectivity index (χ2n) is 6.51. The highest BCUT2D eigenvalue weighted by molar-refractivity contribution is 9.10. The highest BCUT2D eigenvalue weighted by Crippen LogP contribution is 2.39. The van der Waals surface area contributed by atoms with Crippen molar-refractivity contribution in [2.75, 3.05) is 0 Å². The molecule has 0 N–H and O–H groups in total. The zero-order valence-corrected chi connectivity index (χ0v) is 16.3. The number of nitriles is 1. The van der Waals surface area contributed by atoms with Gasteiger partial charge in [0.05, 0.1) is 17.8 Å². The summed E-state index contributed by atoms with van der Waals surface area (Å²) in [6.07, 6.45) is 0.780. The summed E-state index contributed by atoms with van der Waals surface area (Å²) in [7, 11) is 0. The van der Waals surface area contributed by atoms with Crippen LogP contribution in [0, 0.1) is 11.3 Å². The molecule has 0 amide bonds. The van der Waals surface area contributed by atoms with Gasteiger partial charge in [-0.1, -0.05) is 88.7 Å². The zero-order valence-electron chi connectivity index (χ0n) is 14.7. The van der Waals surface area contributed by atoms with Crippen LogP contribution in [0.25, 0.3) is 0 Å². The number of hydrogen-bond donors (Lipinski definition) is 0. The monoisotopic (exact) mass is 415 g/mol. The van der Waals surface area contributed by atoms with Crippen molar-refractivity contribution in [1.82, 2.24) is 5.01 Å². The SMILES string of the molecule is N#C[C@H](c1ccc(Br)cc1)N1N=C(c2ccccc2)C[C@H]1c1ccccc1. The van der Waals surface area contributed by atoms with E-state index in [1.165, 1.54) is 5.56 Å². The molecule has 1 aliphatic rings. The first kappa shape index (κ1) is 17.5. The maximum Gasteiger partial charge on any atom is 0.159 e. The smallest absolute Gasteiger partial charge is 0.159 e. The molecule has 3 aromatic carbocycles. The van der Waals surface area contributed by atoms with Gasteiger partial charge in [-0.25, -0.2) is 0 Å². The minimum Gasteiger partial charge on any atom is -0.267 e. The molecule has 27 heavy (non-hydrogen) atoms. The molecule has 0 radical (unpaired) electrons. The summed E-state index contributed by atoms with van der Waals surface area (Å²) in [6, 6.07) is 30.5. The van der Waals surface area contributed by atoms with Gasteiger partial charge >= 0.3 is 0 Å². The van der Waals surface area contributed by atoms with E-state index in [0.29, 0.717) is 0 Å². The molecule has 3 aromatic rings. The second-order valence-corrected chi connectivity index (χ2v) is 7.42. The Morgan fingerprint density at radius 1 is 0.926 bits per heavy atom. The van der Waals surface area contributed by atoms with E-state index in [-0.39, 0.29) is 6.04 Å². The van der Waals surface area contributed by atoms with Crippen LogP contribution in [0.5, 0.6) is 0 Å². The molecule has 4 heteroatoms. The van der Waals surface area contributed by atoms with Gasteiger partial charge in [0.2, 0.25) is 0 Å². The topological polar surface area (TPSA) is 39.4 Å². The average molecular weight is 416 g/mol. The molecule has 0 saturated heterocycles. The van der Waals surface area contributed by atoms with Crippen LogP contribution in [0.2, 0.25) is 0 Å². The van der Waals surface area contributed by atoms with E-state index in [1.807, 2.05) is 65.7 Å². The summed E-state index contributed by atoms with van der Waals surface area (Å²) in [4.78, 5) is 0. The summed E-state index contributed by atoms with van der Waals surface area (Å²) in [5.41, 5.74) is 4.24. The summed E-state index contributed by atoms with van der Waals surface area (Å²) in [5, 5.41) is 16.8. The van der Waals surface area contributed by atoms with Crippen LogP contribution in [0.15, 0.2) is 94.5 Å². The maximum absolute atomic E-state index is 9.96. The van der Waals surface area contributed by atoms with E-state index in [2.05, 4.69) is 46.3 Å². The quantitative estimate of drug-likeness (QED) is 0.534. The lowest BCUT2D eigenvalue weighted by molar-refractivity contribution is 0.196. The van der Waals surface area contributed by atoms with Gasteiger partial charge in [-0.3, -0.25) is 5.01 Å². The molecule has 0 spiro atoms. The van der Waals surface area contributed by atoms with Gasteiger partial charge < -0.3 is 0 Å². The molecule has 0 aromatic heterocycles. The Balaban J connectivity index is 1.76. The van der Waals surface area contributed by atoms with Crippen molar-refractivity contribution in [1.29, 1.82) is 5.26 Å². The molecule has 4 rings (SSSR count). The molecule has 3 nitrogen and oxygen atoms in total. The van der Waals surface area contributed by atoms with E-state index in [1.54, 1.807) is 0 Å². The Kier molecular flexibility index (Phi) is 5.04. The Hall–Kier alpha value is -2.90. The Morgan fingerprint density at radius 3 is 2.19 bits per heavy atom. The van der Waals surface area contributed by atoms with Gasteiger partial charge in [-0.05, 0) is 28.8 Å². The molecular weight excluding hydrogens is 398 g/mol. The van der Waals surface area contributed by atoms with Crippen molar-refractivity contribution in [3.63, 3.8) is 0 Å². The fraction of sp³-hybridized carbons (Fsp3) is 0.130. The molecule has 2 atom stereocenters. The summed E-state index contributed by atoms with van der Waals surface area (Å²) >= 11 is 3.46. The van der Waals surface area contributed by atoms with Crippen molar-refractivity contribution in [3.05, 3.63) is 106 Å². The van der Waals surface area contributed by atoms with Crippen LogP contribution in [0.1, 0.15) is 35.2 Å². The van der Waals surface area contributed by atoms with Gasteiger partial charge in [0, 0.05) is 10.9 Å². The fourth-order valence-electron chi connectivity index (χ4n) is 3.45. The summed E-state index contributed by atoms with van der Waals surface area (Å²) in [6.45, 7) is 0. The zero-order chi connectivity index (χ0) is 18.6. The number of halogens is 1. The number of benzene rings is 3. The first-order valence-electron chi connectivity index (χ1n) is 8.87. The van der Waals surface area contributed by atoms with Gasteiger partial charge in [-0.15, -0.1) is 0 Å². The first-order valence-corrected chi connectivity index (χ1v) is 9.67. The maximum atomic E-state index is 9.96. The first-order chi connectivity index (χ1) is 13.3. The number of hydrogen-bond acceptors (Lipinski definition) is 3. The minimum atomic E-state index is -0.440. The van der Waals surface area contributed by atoms with Crippen LogP contribution in [0.4, 0.5) is 0 Å². The third-order valence-electron chi connectivity index (χ3n) is 4.81. The molecule has 1 aliphatic heterocycles. The van der Waals surface area contributed by atoms with E-state index in [0.717, 1.165) is 27.7 Å². The molecule has 0 aliphatic carbocycles. The molecule has 1 heterocycles. The Labute approximate surface area is 167 Å². The fourth-order valence-corrected chi connectivity index (χ4v) is 3.71. The molecule has 0 unspecified atom stereocenters. The third-order valence-corrected chi connectivity index (χ3v) is 5.33. The largest absolute Gasteiger partial charge is 0.267 e. The van der Waals surface area contributed by atoms with Crippen LogP contribution >= 0.6 is 15.9 Å².